The first kappa shape index (κ1) is 26.7. The normalized spacial score (nSPS) is 18.5. The second-order valence-corrected chi connectivity index (χ2v) is 9.16. The zero-order chi connectivity index (χ0) is 22.1. The predicted octanol–water partition coefficient (Wildman–Crippen LogP) is 3.78. The number of amides is 1. The van der Waals surface area contributed by atoms with Crippen LogP contribution in [0.1, 0.15) is 63.9 Å². The fourth-order valence-corrected chi connectivity index (χ4v) is 4.75. The van der Waals surface area contributed by atoms with Crippen LogP contribution >= 0.6 is 24.0 Å². The summed E-state index contributed by atoms with van der Waals surface area (Å²) in [4.78, 5) is 26.4. The van der Waals surface area contributed by atoms with E-state index in [1.807, 2.05) is 20.3 Å². The number of carbonyl (C=O) groups is 1. The second kappa shape index (κ2) is 13.2. The number of rotatable bonds is 7. The SMILES string of the molecule is CCNC(=NCc1ccc(N2CCCCCC2)nc1)NCC1(C(=O)N(C)C)CCCC1.I. The number of halogens is 1. The van der Waals surface area contributed by atoms with Crippen molar-refractivity contribution in [1.82, 2.24) is 20.5 Å². The minimum Gasteiger partial charge on any atom is -0.357 e. The number of nitrogens with one attached hydrogen (secondary N) is 2. The van der Waals surface area contributed by atoms with Gasteiger partial charge in [0.2, 0.25) is 5.91 Å². The summed E-state index contributed by atoms with van der Waals surface area (Å²) in [6.45, 7) is 6.25. The van der Waals surface area contributed by atoms with Crippen LogP contribution < -0.4 is 15.5 Å². The van der Waals surface area contributed by atoms with Crippen molar-refractivity contribution in [3.05, 3.63) is 23.9 Å². The van der Waals surface area contributed by atoms with E-state index in [0.717, 1.165) is 62.7 Å². The zero-order valence-corrected chi connectivity index (χ0v) is 22.4. The van der Waals surface area contributed by atoms with Gasteiger partial charge in [-0.25, -0.2) is 9.98 Å². The topological polar surface area (TPSA) is 72.9 Å². The third-order valence-corrected chi connectivity index (χ3v) is 6.52. The molecule has 2 N–H and O–H groups in total. The average molecular weight is 557 g/mol. The van der Waals surface area contributed by atoms with E-state index < -0.39 is 0 Å². The Balaban J connectivity index is 0.00000363. The maximum Gasteiger partial charge on any atom is 0.230 e. The van der Waals surface area contributed by atoms with E-state index >= 15 is 0 Å². The number of hydrogen-bond acceptors (Lipinski definition) is 4. The van der Waals surface area contributed by atoms with Gasteiger partial charge in [0.25, 0.3) is 0 Å². The molecule has 0 unspecified atom stereocenters. The van der Waals surface area contributed by atoms with E-state index in [9.17, 15) is 4.79 Å². The Hall–Kier alpha value is -1.58. The molecule has 7 nitrogen and oxygen atoms in total. The van der Waals surface area contributed by atoms with Crippen molar-refractivity contribution in [3.8, 4) is 0 Å². The summed E-state index contributed by atoms with van der Waals surface area (Å²) in [5.74, 6) is 2.06. The van der Waals surface area contributed by atoms with Gasteiger partial charge in [0.05, 0.1) is 12.0 Å². The number of guanidine groups is 1. The number of aromatic nitrogens is 1. The molecule has 1 amide bonds. The Morgan fingerprint density at radius 1 is 1.09 bits per heavy atom. The average Bonchev–Trinajstić information content (AvgIpc) is 3.10. The largest absolute Gasteiger partial charge is 0.357 e. The summed E-state index contributed by atoms with van der Waals surface area (Å²) in [5.41, 5.74) is 0.784. The highest BCUT2D eigenvalue weighted by molar-refractivity contribution is 14.0. The highest BCUT2D eigenvalue weighted by Gasteiger charge is 2.42. The Morgan fingerprint density at radius 3 is 2.34 bits per heavy atom. The molecule has 3 rings (SSSR count). The quantitative estimate of drug-likeness (QED) is 0.304. The van der Waals surface area contributed by atoms with Gasteiger partial charge in [-0.2, -0.15) is 0 Å². The van der Waals surface area contributed by atoms with Gasteiger partial charge in [0.1, 0.15) is 5.82 Å². The molecule has 1 saturated heterocycles. The summed E-state index contributed by atoms with van der Waals surface area (Å²) < 4.78 is 0. The lowest BCUT2D eigenvalue weighted by molar-refractivity contribution is -0.138. The monoisotopic (exact) mass is 556 g/mol. The molecule has 0 spiro atoms. The Labute approximate surface area is 210 Å². The minimum absolute atomic E-state index is 0. The summed E-state index contributed by atoms with van der Waals surface area (Å²) in [5, 5.41) is 6.76. The number of pyridine rings is 1. The van der Waals surface area contributed by atoms with Gasteiger partial charge in [0, 0.05) is 46.5 Å². The van der Waals surface area contributed by atoms with Crippen molar-refractivity contribution in [2.24, 2.45) is 10.4 Å². The van der Waals surface area contributed by atoms with E-state index in [1.54, 1.807) is 4.90 Å². The highest BCUT2D eigenvalue weighted by Crippen LogP contribution is 2.38. The van der Waals surface area contributed by atoms with Crippen LogP contribution in [0.25, 0.3) is 0 Å². The fourth-order valence-electron chi connectivity index (χ4n) is 4.75. The molecule has 2 heterocycles. The van der Waals surface area contributed by atoms with E-state index in [1.165, 1.54) is 25.7 Å². The standard InChI is InChI=1S/C24H40N6O.HI/c1-4-25-23(28-19-24(13-7-8-14-24)22(31)29(2)3)27-18-20-11-12-21(26-17-20)30-15-9-5-6-10-16-30;/h11-12,17H,4-10,13-16,18-19H2,1-3H3,(H2,25,27,28);1H. The van der Waals surface area contributed by atoms with Gasteiger partial charge in [-0.05, 0) is 44.2 Å². The van der Waals surface area contributed by atoms with Gasteiger partial charge in [0.15, 0.2) is 5.96 Å². The first-order valence-corrected chi connectivity index (χ1v) is 12.0. The molecular formula is C24H41IN6O. The first-order valence-electron chi connectivity index (χ1n) is 12.0. The molecule has 2 aliphatic rings. The molecule has 1 aromatic rings. The van der Waals surface area contributed by atoms with Crippen LogP contribution in [0.4, 0.5) is 5.82 Å². The van der Waals surface area contributed by atoms with Crippen molar-refractivity contribution in [2.45, 2.75) is 64.8 Å². The maximum atomic E-state index is 12.8. The highest BCUT2D eigenvalue weighted by atomic mass is 127. The van der Waals surface area contributed by atoms with Crippen LogP contribution in [0.3, 0.4) is 0 Å². The van der Waals surface area contributed by atoms with Crippen LogP contribution in [0.2, 0.25) is 0 Å². The van der Waals surface area contributed by atoms with Gasteiger partial charge in [-0.1, -0.05) is 31.7 Å². The summed E-state index contributed by atoms with van der Waals surface area (Å²) in [6, 6.07) is 4.26. The van der Waals surface area contributed by atoms with Crippen LogP contribution in [0.5, 0.6) is 0 Å². The fraction of sp³-hybridized carbons (Fsp3) is 0.708. The lowest BCUT2D eigenvalue weighted by Gasteiger charge is -2.31. The van der Waals surface area contributed by atoms with E-state index in [-0.39, 0.29) is 35.3 Å². The second-order valence-electron chi connectivity index (χ2n) is 9.16. The minimum atomic E-state index is -0.309. The van der Waals surface area contributed by atoms with Crippen molar-refractivity contribution >= 4 is 41.7 Å². The molecule has 1 saturated carbocycles. The number of anilines is 1. The molecular weight excluding hydrogens is 515 g/mol. The van der Waals surface area contributed by atoms with E-state index in [2.05, 4.69) is 34.6 Å². The summed E-state index contributed by atoms with van der Waals surface area (Å²) in [7, 11) is 3.70. The molecule has 1 aliphatic heterocycles. The lowest BCUT2D eigenvalue weighted by Crippen LogP contribution is -2.49. The maximum absolute atomic E-state index is 12.8. The predicted molar refractivity (Wildman–Crippen MR) is 143 cm³/mol. The van der Waals surface area contributed by atoms with Crippen LogP contribution in [0.15, 0.2) is 23.3 Å². The Bertz CT molecular complexity index is 723. The molecule has 0 atom stereocenters. The molecule has 1 aromatic heterocycles. The third kappa shape index (κ3) is 7.22. The Morgan fingerprint density at radius 2 is 1.78 bits per heavy atom. The molecule has 0 radical (unpaired) electrons. The van der Waals surface area contributed by atoms with Gasteiger partial charge < -0.3 is 20.4 Å². The molecule has 180 valence electrons. The molecule has 32 heavy (non-hydrogen) atoms. The van der Waals surface area contributed by atoms with Crippen LogP contribution in [0, 0.1) is 5.41 Å². The molecule has 8 heteroatoms. The third-order valence-electron chi connectivity index (χ3n) is 6.52. The number of aliphatic imine (C=N–C) groups is 1. The number of hydrogen-bond donors (Lipinski definition) is 2. The summed E-state index contributed by atoms with van der Waals surface area (Å²) in [6.07, 6.45) is 11.2. The zero-order valence-electron chi connectivity index (χ0n) is 20.0. The van der Waals surface area contributed by atoms with Crippen LogP contribution in [-0.2, 0) is 11.3 Å². The van der Waals surface area contributed by atoms with E-state index in [4.69, 9.17) is 9.98 Å². The Kier molecular flexibility index (Phi) is 11.0. The van der Waals surface area contributed by atoms with Gasteiger partial charge in [-0.3, -0.25) is 4.79 Å². The summed E-state index contributed by atoms with van der Waals surface area (Å²) >= 11 is 0. The smallest absolute Gasteiger partial charge is 0.230 e. The van der Waals surface area contributed by atoms with Crippen molar-refractivity contribution < 1.29 is 4.79 Å². The molecule has 2 fully saturated rings. The van der Waals surface area contributed by atoms with Crippen molar-refractivity contribution in [2.75, 3.05) is 45.2 Å². The van der Waals surface area contributed by atoms with E-state index in [0.29, 0.717) is 13.1 Å². The molecule has 0 bridgehead atoms. The number of nitrogens with zero attached hydrogens (tertiary/aromatic N) is 4. The molecule has 0 aromatic carbocycles. The van der Waals surface area contributed by atoms with Crippen molar-refractivity contribution in [1.29, 1.82) is 0 Å². The number of carbonyl (C=O) groups excluding carboxylic acids is 1. The lowest BCUT2D eigenvalue weighted by atomic mass is 9.84. The first-order chi connectivity index (χ1) is 15.0. The van der Waals surface area contributed by atoms with Crippen molar-refractivity contribution in [3.63, 3.8) is 0 Å². The van der Waals surface area contributed by atoms with Crippen LogP contribution in [-0.4, -0.2) is 62.0 Å². The van der Waals surface area contributed by atoms with Gasteiger partial charge >= 0.3 is 0 Å². The molecule has 1 aliphatic carbocycles. The van der Waals surface area contributed by atoms with Gasteiger partial charge in [-0.15, -0.1) is 24.0 Å².